The van der Waals surface area contributed by atoms with Crippen molar-refractivity contribution in [3.63, 3.8) is 0 Å². The molecule has 28 heavy (non-hydrogen) atoms. The lowest BCUT2D eigenvalue weighted by atomic mass is 9.96. The van der Waals surface area contributed by atoms with Crippen molar-refractivity contribution in [1.29, 1.82) is 0 Å². The van der Waals surface area contributed by atoms with Crippen LogP contribution in [0.1, 0.15) is 48.0 Å². The standard InChI is InChI=1S/C21H22ClN3O2S/c22-17-10-8-16(9-11-17)20(26)27-19-12-6-15(7-13-19)14-23-25-21(28)24-18-4-2-1-3-5-18/h6-14,18H,1-5H2,(H2,24,25,28)/b23-14+. The predicted molar refractivity (Wildman–Crippen MR) is 116 cm³/mol. The van der Waals surface area contributed by atoms with Gasteiger partial charge in [-0.15, -0.1) is 0 Å². The molecule has 2 N–H and O–H groups in total. The number of ether oxygens (including phenoxy) is 1. The normalized spacial score (nSPS) is 14.6. The zero-order valence-electron chi connectivity index (χ0n) is 15.4. The Bertz CT molecular complexity index is 832. The summed E-state index contributed by atoms with van der Waals surface area (Å²) < 4.78 is 5.35. The summed E-state index contributed by atoms with van der Waals surface area (Å²) in [5.41, 5.74) is 4.15. The first-order valence-electron chi connectivity index (χ1n) is 9.27. The second-order valence-corrected chi connectivity index (χ2v) is 7.49. The molecular weight excluding hydrogens is 394 g/mol. The van der Waals surface area contributed by atoms with Gasteiger partial charge in [-0.05, 0) is 79.2 Å². The minimum atomic E-state index is -0.432. The van der Waals surface area contributed by atoms with Gasteiger partial charge < -0.3 is 10.1 Å². The maximum absolute atomic E-state index is 12.1. The van der Waals surface area contributed by atoms with Crippen LogP contribution in [0.25, 0.3) is 0 Å². The Hall–Kier alpha value is -2.44. The van der Waals surface area contributed by atoms with E-state index in [-0.39, 0.29) is 0 Å². The van der Waals surface area contributed by atoms with E-state index in [4.69, 9.17) is 28.6 Å². The van der Waals surface area contributed by atoms with E-state index in [1.807, 2.05) is 12.1 Å². The number of carbonyl (C=O) groups is 1. The maximum atomic E-state index is 12.1. The van der Waals surface area contributed by atoms with Crippen molar-refractivity contribution in [3.05, 3.63) is 64.7 Å². The van der Waals surface area contributed by atoms with Gasteiger partial charge in [0.05, 0.1) is 11.8 Å². The second-order valence-electron chi connectivity index (χ2n) is 6.64. The maximum Gasteiger partial charge on any atom is 0.343 e. The van der Waals surface area contributed by atoms with Crippen molar-refractivity contribution in [3.8, 4) is 5.75 Å². The first kappa shape index (κ1) is 20.3. The molecule has 1 saturated carbocycles. The lowest BCUT2D eigenvalue weighted by Crippen LogP contribution is -2.40. The number of carbonyl (C=O) groups excluding carboxylic acids is 1. The zero-order valence-corrected chi connectivity index (χ0v) is 16.9. The number of thiocarbonyl (C=S) groups is 1. The fourth-order valence-corrected chi connectivity index (χ4v) is 3.35. The Balaban J connectivity index is 1.47. The summed E-state index contributed by atoms with van der Waals surface area (Å²) in [5, 5.41) is 8.56. The molecule has 3 rings (SSSR count). The Labute approximate surface area is 175 Å². The molecule has 0 spiro atoms. The molecule has 0 aliphatic heterocycles. The third-order valence-electron chi connectivity index (χ3n) is 4.49. The average Bonchev–Trinajstić information content (AvgIpc) is 2.70. The molecule has 0 atom stereocenters. The quantitative estimate of drug-likeness (QED) is 0.244. The van der Waals surface area contributed by atoms with Crippen LogP contribution >= 0.6 is 23.8 Å². The highest BCUT2D eigenvalue weighted by Gasteiger charge is 2.13. The van der Waals surface area contributed by atoms with Crippen molar-refractivity contribution in [2.24, 2.45) is 5.10 Å². The van der Waals surface area contributed by atoms with Crippen LogP contribution < -0.4 is 15.5 Å². The van der Waals surface area contributed by atoms with Crippen LogP contribution in [-0.2, 0) is 0 Å². The number of nitrogens with one attached hydrogen (secondary N) is 2. The van der Waals surface area contributed by atoms with Crippen LogP contribution in [0.5, 0.6) is 5.75 Å². The lowest BCUT2D eigenvalue weighted by molar-refractivity contribution is 0.0735. The highest BCUT2D eigenvalue weighted by Crippen LogP contribution is 2.17. The molecule has 0 radical (unpaired) electrons. The number of nitrogens with zero attached hydrogens (tertiary/aromatic N) is 1. The minimum absolute atomic E-state index is 0.432. The lowest BCUT2D eigenvalue weighted by Gasteiger charge is -2.23. The molecule has 2 aromatic rings. The van der Waals surface area contributed by atoms with Crippen LogP contribution in [0.4, 0.5) is 0 Å². The Kier molecular flexibility index (Phi) is 7.39. The van der Waals surface area contributed by atoms with Gasteiger partial charge in [0.1, 0.15) is 5.75 Å². The molecule has 7 heteroatoms. The van der Waals surface area contributed by atoms with E-state index in [1.54, 1.807) is 42.6 Å². The van der Waals surface area contributed by atoms with Gasteiger partial charge in [0.15, 0.2) is 5.11 Å². The molecule has 1 aliphatic rings. The number of hydrazone groups is 1. The third-order valence-corrected chi connectivity index (χ3v) is 4.95. The van der Waals surface area contributed by atoms with Crippen LogP contribution in [-0.4, -0.2) is 23.3 Å². The first-order valence-corrected chi connectivity index (χ1v) is 10.1. The summed E-state index contributed by atoms with van der Waals surface area (Å²) in [7, 11) is 0. The number of halogens is 1. The SMILES string of the molecule is O=C(Oc1ccc(/C=N/NC(=S)NC2CCCCC2)cc1)c1ccc(Cl)cc1. The van der Waals surface area contributed by atoms with Gasteiger partial charge in [0.25, 0.3) is 0 Å². The van der Waals surface area contributed by atoms with Crippen molar-refractivity contribution in [2.45, 2.75) is 38.1 Å². The fraction of sp³-hybridized carbons (Fsp3) is 0.286. The number of esters is 1. The van der Waals surface area contributed by atoms with E-state index in [9.17, 15) is 4.79 Å². The minimum Gasteiger partial charge on any atom is -0.423 e. The van der Waals surface area contributed by atoms with Gasteiger partial charge >= 0.3 is 5.97 Å². The van der Waals surface area contributed by atoms with E-state index < -0.39 is 5.97 Å². The highest BCUT2D eigenvalue weighted by atomic mass is 35.5. The van der Waals surface area contributed by atoms with E-state index >= 15 is 0 Å². The van der Waals surface area contributed by atoms with E-state index in [2.05, 4.69) is 15.8 Å². The number of hydrogen-bond donors (Lipinski definition) is 2. The summed E-state index contributed by atoms with van der Waals surface area (Å²) in [6, 6.07) is 14.1. The summed E-state index contributed by atoms with van der Waals surface area (Å²) in [5.74, 6) is 0.0263. The molecule has 2 aromatic carbocycles. The van der Waals surface area contributed by atoms with Gasteiger partial charge in [0.2, 0.25) is 0 Å². The van der Waals surface area contributed by atoms with Crippen LogP contribution in [0, 0.1) is 0 Å². The van der Waals surface area contributed by atoms with E-state index in [0.29, 0.717) is 27.5 Å². The second kappa shape index (κ2) is 10.2. The monoisotopic (exact) mass is 415 g/mol. The first-order chi connectivity index (χ1) is 13.6. The topological polar surface area (TPSA) is 62.7 Å². The molecule has 0 saturated heterocycles. The number of rotatable bonds is 5. The van der Waals surface area contributed by atoms with Gasteiger partial charge in [-0.1, -0.05) is 30.9 Å². The van der Waals surface area contributed by atoms with Crippen LogP contribution in [0.2, 0.25) is 5.02 Å². The molecule has 5 nitrogen and oxygen atoms in total. The fourth-order valence-electron chi connectivity index (χ4n) is 3.00. The van der Waals surface area contributed by atoms with Crippen molar-refractivity contribution < 1.29 is 9.53 Å². The molecule has 0 aromatic heterocycles. The van der Waals surface area contributed by atoms with Crippen molar-refractivity contribution in [1.82, 2.24) is 10.7 Å². The van der Waals surface area contributed by atoms with Crippen LogP contribution in [0.15, 0.2) is 53.6 Å². The average molecular weight is 416 g/mol. The number of benzene rings is 2. The Morgan fingerprint density at radius 2 is 1.75 bits per heavy atom. The van der Waals surface area contributed by atoms with Gasteiger partial charge in [-0.2, -0.15) is 5.10 Å². The summed E-state index contributed by atoms with van der Waals surface area (Å²) in [6.45, 7) is 0. The van der Waals surface area contributed by atoms with E-state index in [1.165, 1.54) is 19.3 Å². The molecule has 0 amide bonds. The predicted octanol–water partition coefficient (Wildman–Crippen LogP) is 4.69. The van der Waals surface area contributed by atoms with Gasteiger partial charge in [0, 0.05) is 11.1 Å². The smallest absolute Gasteiger partial charge is 0.343 e. The molecule has 0 unspecified atom stereocenters. The van der Waals surface area contributed by atoms with E-state index in [0.717, 1.165) is 18.4 Å². The summed E-state index contributed by atoms with van der Waals surface area (Å²) >= 11 is 11.1. The molecule has 146 valence electrons. The molecule has 0 bridgehead atoms. The molecule has 1 aliphatic carbocycles. The largest absolute Gasteiger partial charge is 0.423 e. The van der Waals surface area contributed by atoms with Crippen LogP contribution in [0.3, 0.4) is 0 Å². The third kappa shape index (κ3) is 6.32. The molecule has 1 fully saturated rings. The van der Waals surface area contributed by atoms with Gasteiger partial charge in [-0.25, -0.2) is 4.79 Å². The summed E-state index contributed by atoms with van der Waals surface area (Å²) in [6.07, 6.45) is 7.78. The molecular formula is C21H22ClN3O2S. The van der Waals surface area contributed by atoms with Crippen molar-refractivity contribution >= 4 is 41.1 Å². The Morgan fingerprint density at radius 1 is 1.07 bits per heavy atom. The highest BCUT2D eigenvalue weighted by molar-refractivity contribution is 7.80. The van der Waals surface area contributed by atoms with Gasteiger partial charge in [-0.3, -0.25) is 5.43 Å². The van der Waals surface area contributed by atoms with Crippen molar-refractivity contribution in [2.75, 3.05) is 0 Å². The zero-order chi connectivity index (χ0) is 19.8. The number of hydrogen-bond acceptors (Lipinski definition) is 4. The summed E-state index contributed by atoms with van der Waals surface area (Å²) in [4.78, 5) is 12.1. The molecule has 0 heterocycles. The Morgan fingerprint density at radius 3 is 2.43 bits per heavy atom.